The lowest BCUT2D eigenvalue weighted by molar-refractivity contribution is 0.0158. The summed E-state index contributed by atoms with van der Waals surface area (Å²) in [7, 11) is -3.26. The van der Waals surface area contributed by atoms with Gasteiger partial charge >= 0.3 is 6.09 Å². The minimum Gasteiger partial charge on any atom is -0.444 e. The molecule has 0 aromatic rings. The van der Waals surface area contributed by atoms with Gasteiger partial charge < -0.3 is 9.64 Å². The van der Waals surface area contributed by atoms with Crippen molar-refractivity contribution in [3.05, 3.63) is 0 Å². The predicted octanol–water partition coefficient (Wildman–Crippen LogP) is 2.45. The molecule has 2 bridgehead atoms. The molecule has 2 rings (SSSR count). The van der Waals surface area contributed by atoms with E-state index in [9.17, 15) is 13.2 Å². The molecule has 2 aliphatic rings. The largest absolute Gasteiger partial charge is 0.444 e. The third-order valence-corrected chi connectivity index (χ3v) is 6.49. The smallest absolute Gasteiger partial charge is 0.410 e. The van der Waals surface area contributed by atoms with Gasteiger partial charge in [-0.25, -0.2) is 13.2 Å². The van der Waals surface area contributed by atoms with E-state index in [1.807, 2.05) is 34.6 Å². The molecule has 2 saturated heterocycles. The lowest BCUT2D eigenvalue weighted by Gasteiger charge is -2.31. The van der Waals surface area contributed by atoms with E-state index >= 15 is 0 Å². The van der Waals surface area contributed by atoms with Crippen LogP contribution in [0.5, 0.6) is 0 Å². The fraction of sp³-hybridized carbons (Fsp3) is 0.938. The van der Waals surface area contributed by atoms with Gasteiger partial charge in [-0.05, 0) is 46.0 Å². The van der Waals surface area contributed by atoms with E-state index in [1.165, 1.54) is 0 Å². The second-order valence-corrected chi connectivity index (χ2v) is 10.1. The second kappa shape index (κ2) is 6.59. The molecule has 0 spiro atoms. The summed E-state index contributed by atoms with van der Waals surface area (Å²) in [5, 5.41) is 0. The van der Waals surface area contributed by atoms with E-state index in [1.54, 1.807) is 9.21 Å². The maximum absolute atomic E-state index is 12.5. The standard InChI is InChI=1S/C16H30N2O4S/c1-12(2)11-23(20,21)17-9-8-13-6-7-14(10-17)18(13)15(19)22-16(3,4)5/h12-14H,6-11H2,1-5H3/t13-,14+/m1/s1. The number of hydrogen-bond acceptors (Lipinski definition) is 4. The zero-order valence-electron chi connectivity index (χ0n) is 14.9. The fourth-order valence-corrected chi connectivity index (χ4v) is 5.27. The van der Waals surface area contributed by atoms with Crippen LogP contribution in [0.1, 0.15) is 53.9 Å². The molecule has 0 aliphatic carbocycles. The summed E-state index contributed by atoms with van der Waals surface area (Å²) in [6, 6.07) is 0.0217. The third-order valence-electron chi connectivity index (χ3n) is 4.29. The summed E-state index contributed by atoms with van der Waals surface area (Å²) < 4.78 is 32.1. The number of nitrogens with zero attached hydrogens (tertiary/aromatic N) is 2. The van der Waals surface area contributed by atoms with Gasteiger partial charge in [-0.1, -0.05) is 13.8 Å². The number of hydrogen-bond donors (Lipinski definition) is 0. The number of sulfonamides is 1. The van der Waals surface area contributed by atoms with E-state index in [0.717, 1.165) is 12.8 Å². The molecular weight excluding hydrogens is 316 g/mol. The van der Waals surface area contributed by atoms with Crippen molar-refractivity contribution in [2.75, 3.05) is 18.8 Å². The van der Waals surface area contributed by atoms with Crippen LogP contribution in [-0.2, 0) is 14.8 Å². The van der Waals surface area contributed by atoms with Gasteiger partial charge in [0.05, 0.1) is 5.75 Å². The molecule has 0 N–H and O–H groups in total. The van der Waals surface area contributed by atoms with E-state index in [-0.39, 0.29) is 29.8 Å². The number of carbonyl (C=O) groups excluding carboxylic acids is 1. The molecule has 2 aliphatic heterocycles. The van der Waals surface area contributed by atoms with Crippen molar-refractivity contribution in [2.24, 2.45) is 5.92 Å². The summed E-state index contributed by atoms with van der Waals surface area (Å²) in [4.78, 5) is 14.3. The molecule has 0 unspecified atom stereocenters. The molecular formula is C16H30N2O4S. The first-order chi connectivity index (χ1) is 10.5. The molecule has 7 heteroatoms. The van der Waals surface area contributed by atoms with Gasteiger partial charge in [0.2, 0.25) is 10.0 Å². The van der Waals surface area contributed by atoms with Crippen LogP contribution < -0.4 is 0 Å². The maximum atomic E-state index is 12.5. The Labute approximate surface area is 140 Å². The Kier molecular flexibility index (Phi) is 5.31. The van der Waals surface area contributed by atoms with E-state index in [4.69, 9.17) is 4.74 Å². The highest BCUT2D eigenvalue weighted by atomic mass is 32.2. The van der Waals surface area contributed by atoms with Crippen LogP contribution in [0.25, 0.3) is 0 Å². The molecule has 6 nitrogen and oxygen atoms in total. The van der Waals surface area contributed by atoms with Crippen LogP contribution in [-0.4, -0.2) is 60.2 Å². The maximum Gasteiger partial charge on any atom is 0.410 e. The minimum atomic E-state index is -3.26. The van der Waals surface area contributed by atoms with Crippen molar-refractivity contribution >= 4 is 16.1 Å². The van der Waals surface area contributed by atoms with Crippen molar-refractivity contribution in [1.29, 1.82) is 0 Å². The van der Waals surface area contributed by atoms with Gasteiger partial charge in [0.15, 0.2) is 0 Å². The van der Waals surface area contributed by atoms with Crippen molar-refractivity contribution in [3.63, 3.8) is 0 Å². The number of fused-ring (bicyclic) bond motifs is 2. The SMILES string of the molecule is CC(C)CS(=O)(=O)N1CC[C@H]2CC[C@@H](C1)N2C(=O)OC(C)(C)C. The molecule has 1 amide bonds. The average Bonchev–Trinajstić information content (AvgIpc) is 2.59. The normalized spacial score (nSPS) is 26.4. The molecule has 2 fully saturated rings. The number of amides is 1. The lowest BCUT2D eigenvalue weighted by Crippen LogP contribution is -2.46. The van der Waals surface area contributed by atoms with Crippen LogP contribution in [0.2, 0.25) is 0 Å². The zero-order valence-corrected chi connectivity index (χ0v) is 15.7. The molecule has 0 aromatic heterocycles. The molecule has 2 heterocycles. The first kappa shape index (κ1) is 18.5. The highest BCUT2D eigenvalue weighted by molar-refractivity contribution is 7.89. The van der Waals surface area contributed by atoms with Crippen LogP contribution in [0.15, 0.2) is 0 Å². The Hall–Kier alpha value is -0.820. The summed E-state index contributed by atoms with van der Waals surface area (Å²) in [6.45, 7) is 10.3. The topological polar surface area (TPSA) is 66.9 Å². The monoisotopic (exact) mass is 346 g/mol. The van der Waals surface area contributed by atoms with Crippen LogP contribution in [0.4, 0.5) is 4.79 Å². The summed E-state index contributed by atoms with van der Waals surface area (Å²) in [5.74, 6) is 0.263. The van der Waals surface area contributed by atoms with E-state index < -0.39 is 15.6 Å². The highest BCUT2D eigenvalue weighted by Crippen LogP contribution is 2.32. The fourth-order valence-electron chi connectivity index (χ4n) is 3.44. The Balaban J connectivity index is 2.12. The van der Waals surface area contributed by atoms with Gasteiger partial charge in [0.1, 0.15) is 5.60 Å². The van der Waals surface area contributed by atoms with Crippen molar-refractivity contribution in [3.8, 4) is 0 Å². The van der Waals surface area contributed by atoms with Gasteiger partial charge in [-0.3, -0.25) is 0 Å². The number of ether oxygens (including phenoxy) is 1. The second-order valence-electron chi connectivity index (χ2n) is 8.09. The number of rotatable bonds is 3. The first-order valence-electron chi connectivity index (χ1n) is 8.49. The lowest BCUT2D eigenvalue weighted by atomic mass is 10.1. The molecule has 0 saturated carbocycles. The van der Waals surface area contributed by atoms with Gasteiger partial charge in [0, 0.05) is 25.2 Å². The number of carbonyl (C=O) groups is 1. The third kappa shape index (κ3) is 4.59. The minimum absolute atomic E-state index is 0.0701. The Morgan fingerprint density at radius 3 is 2.35 bits per heavy atom. The first-order valence-corrected chi connectivity index (χ1v) is 10.1. The molecule has 134 valence electrons. The van der Waals surface area contributed by atoms with Crippen molar-refractivity contribution in [2.45, 2.75) is 71.6 Å². The van der Waals surface area contributed by atoms with Crippen LogP contribution >= 0.6 is 0 Å². The highest BCUT2D eigenvalue weighted by Gasteiger charge is 2.44. The quantitative estimate of drug-likeness (QED) is 0.787. The van der Waals surface area contributed by atoms with E-state index in [0.29, 0.717) is 19.5 Å². The zero-order chi connectivity index (χ0) is 17.4. The average molecular weight is 346 g/mol. The summed E-state index contributed by atoms with van der Waals surface area (Å²) >= 11 is 0. The summed E-state index contributed by atoms with van der Waals surface area (Å²) in [5.41, 5.74) is -0.535. The van der Waals surface area contributed by atoms with Crippen molar-refractivity contribution in [1.82, 2.24) is 9.21 Å². The molecule has 2 atom stereocenters. The predicted molar refractivity (Wildman–Crippen MR) is 89.7 cm³/mol. The molecule has 23 heavy (non-hydrogen) atoms. The van der Waals surface area contributed by atoms with Crippen LogP contribution in [0.3, 0.4) is 0 Å². The van der Waals surface area contributed by atoms with Crippen LogP contribution in [0, 0.1) is 5.92 Å². The molecule has 0 radical (unpaired) electrons. The Morgan fingerprint density at radius 1 is 1.17 bits per heavy atom. The Morgan fingerprint density at radius 2 is 1.78 bits per heavy atom. The molecule has 0 aromatic carbocycles. The van der Waals surface area contributed by atoms with Gasteiger partial charge in [0.25, 0.3) is 0 Å². The summed E-state index contributed by atoms with van der Waals surface area (Å²) in [6.07, 6.45) is 2.15. The van der Waals surface area contributed by atoms with Gasteiger partial charge in [-0.15, -0.1) is 0 Å². The van der Waals surface area contributed by atoms with E-state index in [2.05, 4.69) is 0 Å². The van der Waals surface area contributed by atoms with Gasteiger partial charge in [-0.2, -0.15) is 4.31 Å². The Bertz CT molecular complexity index is 539. The van der Waals surface area contributed by atoms with Crippen molar-refractivity contribution < 1.29 is 17.9 Å².